The number of hydrogen-bond acceptors (Lipinski definition) is 5. The Balaban J connectivity index is 2.51. The molecule has 0 aliphatic carbocycles. The molecule has 0 saturated heterocycles. The molecule has 0 radical (unpaired) electrons. The fourth-order valence-electron chi connectivity index (χ4n) is 0.842. The minimum absolute atomic E-state index is 0.0846. The Kier molecular flexibility index (Phi) is 3.63. The molecule has 5 nitrogen and oxygen atoms in total. The maximum atomic E-state index is 10.4. The molecule has 0 fully saturated rings. The molecule has 0 atom stereocenters. The van der Waals surface area contributed by atoms with Gasteiger partial charge in [0.2, 0.25) is 6.29 Å². The summed E-state index contributed by atoms with van der Waals surface area (Å²) in [5.74, 6) is -0.965. The molecule has 14 heavy (non-hydrogen) atoms. The Bertz CT molecular complexity index is 321. The Hall–Kier alpha value is -1.88. The molecule has 1 rings (SSSR count). The summed E-state index contributed by atoms with van der Waals surface area (Å²) >= 11 is 0. The summed E-state index contributed by atoms with van der Waals surface area (Å²) in [6.07, 6.45) is 0.0846. The monoisotopic (exact) mass is 194 g/mol. The van der Waals surface area contributed by atoms with Crippen LogP contribution in [0.5, 0.6) is 0 Å². The highest BCUT2D eigenvalue weighted by Gasteiger charge is 1.98. The number of carbonyl (C=O) groups excluding carboxylic acids is 2. The summed E-state index contributed by atoms with van der Waals surface area (Å²) in [4.78, 5) is 24.7. The standard InChI is InChI=1S/C9H10N2O3/c10-5-7-1-3-8(4-2-7)11-14-9(13)6-12/h1-4,6,11H,5,10H2. The van der Waals surface area contributed by atoms with Crippen molar-refractivity contribution in [2.45, 2.75) is 6.54 Å². The molecule has 0 aliphatic heterocycles. The van der Waals surface area contributed by atoms with Crippen LogP contribution in [0.15, 0.2) is 24.3 Å². The first-order chi connectivity index (χ1) is 6.76. The summed E-state index contributed by atoms with van der Waals surface area (Å²) in [5, 5.41) is 0. The van der Waals surface area contributed by atoms with Crippen molar-refractivity contribution < 1.29 is 14.4 Å². The number of benzene rings is 1. The zero-order valence-corrected chi connectivity index (χ0v) is 7.40. The highest BCUT2D eigenvalue weighted by Crippen LogP contribution is 2.08. The summed E-state index contributed by atoms with van der Waals surface area (Å²) in [5.41, 5.74) is 9.27. The van der Waals surface area contributed by atoms with E-state index in [1.165, 1.54) is 0 Å². The first kappa shape index (κ1) is 10.2. The molecule has 0 saturated carbocycles. The van der Waals surface area contributed by atoms with Crippen molar-refractivity contribution >= 4 is 17.9 Å². The van der Waals surface area contributed by atoms with Crippen LogP contribution < -0.4 is 11.2 Å². The van der Waals surface area contributed by atoms with Crippen LogP contribution in [0, 0.1) is 0 Å². The Morgan fingerprint density at radius 2 is 2.07 bits per heavy atom. The topological polar surface area (TPSA) is 81.4 Å². The van der Waals surface area contributed by atoms with E-state index in [-0.39, 0.29) is 6.29 Å². The molecule has 0 unspecified atom stereocenters. The minimum Gasteiger partial charge on any atom is -0.335 e. The molecule has 0 heterocycles. The van der Waals surface area contributed by atoms with E-state index in [2.05, 4.69) is 10.3 Å². The molecule has 5 heteroatoms. The maximum Gasteiger partial charge on any atom is 0.395 e. The molecule has 0 bridgehead atoms. The molecule has 0 amide bonds. The third kappa shape index (κ3) is 2.87. The van der Waals surface area contributed by atoms with Crippen molar-refractivity contribution in [1.29, 1.82) is 0 Å². The number of hydrogen-bond donors (Lipinski definition) is 2. The second-order valence-electron chi connectivity index (χ2n) is 2.54. The van der Waals surface area contributed by atoms with Crippen LogP contribution in [0.3, 0.4) is 0 Å². The van der Waals surface area contributed by atoms with Crippen LogP contribution in [0.25, 0.3) is 0 Å². The Morgan fingerprint density at radius 1 is 1.43 bits per heavy atom. The van der Waals surface area contributed by atoms with Gasteiger partial charge in [-0.1, -0.05) is 12.1 Å². The van der Waals surface area contributed by atoms with Crippen LogP contribution in [0.4, 0.5) is 5.69 Å². The van der Waals surface area contributed by atoms with E-state index >= 15 is 0 Å². The van der Waals surface area contributed by atoms with Crippen molar-refractivity contribution in [2.75, 3.05) is 5.48 Å². The van der Waals surface area contributed by atoms with E-state index in [1.807, 2.05) is 0 Å². The molecular formula is C9H10N2O3. The van der Waals surface area contributed by atoms with Gasteiger partial charge in [0.05, 0.1) is 5.69 Å². The number of carbonyl (C=O) groups is 2. The molecular weight excluding hydrogens is 184 g/mol. The van der Waals surface area contributed by atoms with Crippen LogP contribution in [-0.2, 0) is 21.0 Å². The lowest BCUT2D eigenvalue weighted by molar-refractivity contribution is -0.146. The number of anilines is 1. The number of rotatable bonds is 4. The minimum atomic E-state index is -0.965. The predicted octanol–water partition coefficient (Wildman–Crippen LogP) is 0.214. The Labute approximate surface area is 80.8 Å². The zero-order valence-electron chi connectivity index (χ0n) is 7.40. The van der Waals surface area contributed by atoms with Gasteiger partial charge in [0, 0.05) is 6.54 Å². The fourth-order valence-corrected chi connectivity index (χ4v) is 0.842. The van der Waals surface area contributed by atoms with E-state index in [0.29, 0.717) is 12.2 Å². The third-order valence-corrected chi connectivity index (χ3v) is 1.56. The van der Waals surface area contributed by atoms with Crippen LogP contribution in [0.1, 0.15) is 5.56 Å². The van der Waals surface area contributed by atoms with Gasteiger partial charge in [-0.25, -0.2) is 10.3 Å². The van der Waals surface area contributed by atoms with E-state index in [4.69, 9.17) is 5.73 Å². The molecule has 3 N–H and O–H groups in total. The van der Waals surface area contributed by atoms with Gasteiger partial charge in [-0.05, 0) is 17.7 Å². The fraction of sp³-hybridized carbons (Fsp3) is 0.111. The largest absolute Gasteiger partial charge is 0.395 e. The van der Waals surface area contributed by atoms with Gasteiger partial charge in [-0.2, -0.15) is 0 Å². The van der Waals surface area contributed by atoms with Crippen molar-refractivity contribution in [1.82, 2.24) is 0 Å². The number of nitrogens with two attached hydrogens (primary N) is 1. The van der Waals surface area contributed by atoms with Crippen LogP contribution >= 0.6 is 0 Å². The molecule has 0 aliphatic rings. The normalized spacial score (nSPS) is 9.21. The van der Waals surface area contributed by atoms with E-state index in [0.717, 1.165) is 5.56 Å². The van der Waals surface area contributed by atoms with Gasteiger partial charge in [0.1, 0.15) is 0 Å². The van der Waals surface area contributed by atoms with Gasteiger partial charge < -0.3 is 10.6 Å². The summed E-state index contributed by atoms with van der Waals surface area (Å²) in [7, 11) is 0. The lowest BCUT2D eigenvalue weighted by atomic mass is 10.2. The first-order valence-corrected chi connectivity index (χ1v) is 3.97. The summed E-state index contributed by atoms with van der Waals surface area (Å²) < 4.78 is 0. The lowest BCUT2D eigenvalue weighted by Gasteiger charge is -2.04. The molecule has 1 aromatic carbocycles. The zero-order chi connectivity index (χ0) is 10.4. The average Bonchev–Trinajstić information content (AvgIpc) is 2.26. The van der Waals surface area contributed by atoms with Crippen molar-refractivity contribution in [3.63, 3.8) is 0 Å². The van der Waals surface area contributed by atoms with E-state index in [1.54, 1.807) is 24.3 Å². The van der Waals surface area contributed by atoms with E-state index in [9.17, 15) is 9.59 Å². The smallest absolute Gasteiger partial charge is 0.335 e. The van der Waals surface area contributed by atoms with Gasteiger partial charge >= 0.3 is 5.97 Å². The van der Waals surface area contributed by atoms with Gasteiger partial charge in [-0.3, -0.25) is 4.79 Å². The van der Waals surface area contributed by atoms with Crippen molar-refractivity contribution in [3.05, 3.63) is 29.8 Å². The van der Waals surface area contributed by atoms with Gasteiger partial charge in [0.25, 0.3) is 0 Å². The summed E-state index contributed by atoms with van der Waals surface area (Å²) in [6, 6.07) is 6.97. The van der Waals surface area contributed by atoms with E-state index < -0.39 is 5.97 Å². The summed E-state index contributed by atoms with van der Waals surface area (Å²) in [6.45, 7) is 0.453. The second kappa shape index (κ2) is 4.98. The first-order valence-electron chi connectivity index (χ1n) is 3.97. The third-order valence-electron chi connectivity index (χ3n) is 1.56. The Morgan fingerprint density at radius 3 is 2.57 bits per heavy atom. The highest BCUT2D eigenvalue weighted by atomic mass is 16.7. The number of aldehydes is 1. The maximum absolute atomic E-state index is 10.4. The number of nitrogens with one attached hydrogen (secondary N) is 1. The second-order valence-corrected chi connectivity index (χ2v) is 2.54. The molecule has 74 valence electrons. The SMILES string of the molecule is NCc1ccc(NOC(=O)C=O)cc1. The van der Waals surface area contributed by atoms with Gasteiger partial charge in [-0.15, -0.1) is 0 Å². The van der Waals surface area contributed by atoms with Crippen molar-refractivity contribution in [2.24, 2.45) is 5.73 Å². The van der Waals surface area contributed by atoms with Crippen LogP contribution in [0.2, 0.25) is 0 Å². The van der Waals surface area contributed by atoms with Crippen molar-refractivity contribution in [3.8, 4) is 0 Å². The molecule has 0 aromatic heterocycles. The quantitative estimate of drug-likeness (QED) is 0.407. The molecule has 1 aromatic rings. The van der Waals surface area contributed by atoms with Crippen LogP contribution in [-0.4, -0.2) is 12.3 Å². The van der Waals surface area contributed by atoms with Gasteiger partial charge in [0.15, 0.2) is 0 Å². The average molecular weight is 194 g/mol. The predicted molar refractivity (Wildman–Crippen MR) is 50.1 cm³/mol. The highest BCUT2D eigenvalue weighted by molar-refractivity contribution is 6.20. The molecule has 0 spiro atoms. The lowest BCUT2D eigenvalue weighted by Crippen LogP contribution is -2.10.